The third kappa shape index (κ3) is 3.12. The number of allylic oxidation sites excluding steroid dienone is 1. The van der Waals surface area contributed by atoms with E-state index in [4.69, 9.17) is 5.73 Å². The maximum atomic E-state index is 6.16. The fourth-order valence-electron chi connectivity index (χ4n) is 1.87. The summed E-state index contributed by atoms with van der Waals surface area (Å²) >= 11 is 3.48. The Morgan fingerprint density at radius 2 is 2.24 bits per heavy atom. The van der Waals surface area contributed by atoms with Crippen LogP contribution in [-0.4, -0.2) is 4.98 Å². The Kier molecular flexibility index (Phi) is 5.25. The summed E-state index contributed by atoms with van der Waals surface area (Å²) in [7, 11) is 0. The predicted octanol–water partition coefficient (Wildman–Crippen LogP) is 4.32. The Morgan fingerprint density at radius 3 is 2.94 bits per heavy atom. The highest BCUT2D eigenvalue weighted by Crippen LogP contribution is 2.27. The highest BCUT2D eigenvalue weighted by molar-refractivity contribution is 9.10. The van der Waals surface area contributed by atoms with Crippen LogP contribution in [0, 0.1) is 0 Å². The number of halogens is 2. The van der Waals surface area contributed by atoms with Gasteiger partial charge in [0, 0.05) is 27.6 Å². The van der Waals surface area contributed by atoms with Gasteiger partial charge in [0.2, 0.25) is 0 Å². The zero-order valence-corrected chi connectivity index (χ0v) is 11.9. The Labute approximate surface area is 116 Å². The van der Waals surface area contributed by atoms with Gasteiger partial charge in [-0.15, -0.1) is 19.0 Å². The van der Waals surface area contributed by atoms with Gasteiger partial charge in [0.1, 0.15) is 0 Å². The molecule has 92 valence electrons. The zero-order chi connectivity index (χ0) is 11.5. The average Bonchev–Trinajstić information content (AvgIpc) is 2.68. The molecule has 0 saturated carbocycles. The van der Waals surface area contributed by atoms with E-state index in [2.05, 4.69) is 39.6 Å². The maximum absolute atomic E-state index is 6.16. The van der Waals surface area contributed by atoms with Gasteiger partial charge in [-0.05, 0) is 36.6 Å². The molecule has 2 nitrogen and oxygen atoms in total. The molecule has 1 aromatic carbocycles. The minimum absolute atomic E-state index is 0. The summed E-state index contributed by atoms with van der Waals surface area (Å²) in [6.07, 6.45) is 5.79. The van der Waals surface area contributed by atoms with Crippen molar-refractivity contribution in [2.75, 3.05) is 0 Å². The second kappa shape index (κ2) is 6.24. The number of hydrogen-bond donors (Lipinski definition) is 2. The molecule has 0 spiro atoms. The van der Waals surface area contributed by atoms with E-state index in [1.807, 2.05) is 18.3 Å². The van der Waals surface area contributed by atoms with Crippen molar-refractivity contribution in [3.8, 4) is 0 Å². The first-order chi connectivity index (χ1) is 7.72. The van der Waals surface area contributed by atoms with Crippen LogP contribution in [-0.2, 0) is 0 Å². The fourth-order valence-corrected chi connectivity index (χ4v) is 2.24. The predicted molar refractivity (Wildman–Crippen MR) is 79.6 cm³/mol. The molecule has 2 rings (SSSR count). The van der Waals surface area contributed by atoms with Crippen molar-refractivity contribution in [2.24, 2.45) is 5.73 Å². The fraction of sp³-hybridized carbons (Fsp3) is 0.231. The lowest BCUT2D eigenvalue weighted by molar-refractivity contribution is 0.666. The largest absolute Gasteiger partial charge is 0.361 e. The molecule has 1 aromatic heterocycles. The molecule has 0 radical (unpaired) electrons. The van der Waals surface area contributed by atoms with Crippen molar-refractivity contribution in [1.29, 1.82) is 0 Å². The van der Waals surface area contributed by atoms with Gasteiger partial charge in [-0.3, -0.25) is 0 Å². The molecule has 1 heterocycles. The maximum Gasteiger partial charge on any atom is 0.0458 e. The molecule has 0 bridgehead atoms. The standard InChI is InChI=1S/C13H15BrN2.ClH/c1-2-3-4-12(15)11-8-16-13-6-5-9(14)7-10(11)13;/h2,5-8,12,16H,1,3-4,15H2;1H/t12-;/m0./s1. The SMILES string of the molecule is C=CCC[C@H](N)c1c[nH]c2ccc(Br)cc12.Cl. The number of nitrogens with one attached hydrogen (secondary N) is 1. The van der Waals surface area contributed by atoms with Crippen molar-refractivity contribution in [3.05, 3.63) is 47.1 Å². The molecule has 0 aliphatic rings. The van der Waals surface area contributed by atoms with Gasteiger partial charge >= 0.3 is 0 Å². The molecule has 0 amide bonds. The first kappa shape index (κ1) is 14.3. The molecule has 0 unspecified atom stereocenters. The van der Waals surface area contributed by atoms with Crippen LogP contribution < -0.4 is 5.73 Å². The second-order valence-corrected chi connectivity index (χ2v) is 4.82. The lowest BCUT2D eigenvalue weighted by Crippen LogP contribution is -2.08. The molecule has 1 atom stereocenters. The molecule has 3 N–H and O–H groups in total. The third-order valence-electron chi connectivity index (χ3n) is 2.76. The van der Waals surface area contributed by atoms with E-state index < -0.39 is 0 Å². The highest BCUT2D eigenvalue weighted by Gasteiger charge is 2.10. The summed E-state index contributed by atoms with van der Waals surface area (Å²) in [4.78, 5) is 3.25. The van der Waals surface area contributed by atoms with Gasteiger partial charge < -0.3 is 10.7 Å². The summed E-state index contributed by atoms with van der Waals surface area (Å²) in [6, 6.07) is 6.26. The summed E-state index contributed by atoms with van der Waals surface area (Å²) in [5.41, 5.74) is 8.47. The molecule has 0 aliphatic heterocycles. The van der Waals surface area contributed by atoms with Crippen LogP contribution in [0.5, 0.6) is 0 Å². The number of nitrogens with two attached hydrogens (primary N) is 1. The number of aromatic amines is 1. The van der Waals surface area contributed by atoms with E-state index in [1.165, 1.54) is 10.9 Å². The number of benzene rings is 1. The van der Waals surface area contributed by atoms with Gasteiger partial charge in [-0.25, -0.2) is 0 Å². The Balaban J connectivity index is 0.00000144. The average molecular weight is 316 g/mol. The quantitative estimate of drug-likeness (QED) is 0.811. The van der Waals surface area contributed by atoms with Crippen LogP contribution in [0.2, 0.25) is 0 Å². The Hall–Kier alpha value is -0.770. The molecule has 2 aromatic rings. The summed E-state index contributed by atoms with van der Waals surface area (Å²) in [5.74, 6) is 0. The van der Waals surface area contributed by atoms with Crippen LogP contribution in [0.4, 0.5) is 0 Å². The topological polar surface area (TPSA) is 41.8 Å². The number of hydrogen-bond acceptors (Lipinski definition) is 1. The smallest absolute Gasteiger partial charge is 0.0458 e. The monoisotopic (exact) mass is 314 g/mol. The van der Waals surface area contributed by atoms with Crippen LogP contribution in [0.15, 0.2) is 41.5 Å². The Bertz CT molecular complexity index is 507. The lowest BCUT2D eigenvalue weighted by atomic mass is 10.0. The molecule has 0 saturated heterocycles. The molecule has 17 heavy (non-hydrogen) atoms. The Morgan fingerprint density at radius 1 is 1.47 bits per heavy atom. The van der Waals surface area contributed by atoms with E-state index in [0.717, 1.165) is 22.8 Å². The van der Waals surface area contributed by atoms with Crippen LogP contribution in [0.3, 0.4) is 0 Å². The minimum Gasteiger partial charge on any atom is -0.361 e. The summed E-state index contributed by atoms with van der Waals surface area (Å²) in [6.45, 7) is 3.72. The molecular weight excluding hydrogens is 300 g/mol. The van der Waals surface area contributed by atoms with Crippen LogP contribution in [0.25, 0.3) is 10.9 Å². The summed E-state index contributed by atoms with van der Waals surface area (Å²) < 4.78 is 1.08. The van der Waals surface area contributed by atoms with Crippen LogP contribution >= 0.6 is 28.3 Å². The van der Waals surface area contributed by atoms with E-state index in [-0.39, 0.29) is 18.4 Å². The number of H-pyrrole nitrogens is 1. The molecule has 4 heteroatoms. The molecular formula is C13H16BrClN2. The van der Waals surface area contributed by atoms with E-state index >= 15 is 0 Å². The minimum atomic E-state index is 0. The first-order valence-electron chi connectivity index (χ1n) is 5.35. The van der Waals surface area contributed by atoms with Gasteiger partial charge in [0.15, 0.2) is 0 Å². The highest BCUT2D eigenvalue weighted by atomic mass is 79.9. The van der Waals surface area contributed by atoms with Crippen molar-refractivity contribution in [2.45, 2.75) is 18.9 Å². The van der Waals surface area contributed by atoms with Crippen LogP contribution in [0.1, 0.15) is 24.4 Å². The number of aromatic nitrogens is 1. The first-order valence-corrected chi connectivity index (χ1v) is 6.14. The third-order valence-corrected chi connectivity index (χ3v) is 3.25. The van der Waals surface area contributed by atoms with Gasteiger partial charge in [0.25, 0.3) is 0 Å². The van der Waals surface area contributed by atoms with Crippen molar-refractivity contribution < 1.29 is 0 Å². The normalized spacial score (nSPS) is 12.1. The van der Waals surface area contributed by atoms with E-state index in [1.54, 1.807) is 0 Å². The second-order valence-electron chi connectivity index (χ2n) is 3.91. The van der Waals surface area contributed by atoms with Gasteiger partial charge in [-0.2, -0.15) is 0 Å². The van der Waals surface area contributed by atoms with Crippen molar-refractivity contribution >= 4 is 39.2 Å². The molecule has 0 aliphatic carbocycles. The van der Waals surface area contributed by atoms with E-state index in [9.17, 15) is 0 Å². The lowest BCUT2D eigenvalue weighted by Gasteiger charge is -2.09. The molecule has 0 fully saturated rings. The zero-order valence-electron chi connectivity index (χ0n) is 9.45. The van der Waals surface area contributed by atoms with Gasteiger partial charge in [0.05, 0.1) is 0 Å². The van der Waals surface area contributed by atoms with Crippen molar-refractivity contribution in [1.82, 2.24) is 4.98 Å². The number of fused-ring (bicyclic) bond motifs is 1. The van der Waals surface area contributed by atoms with Crippen molar-refractivity contribution in [3.63, 3.8) is 0 Å². The van der Waals surface area contributed by atoms with E-state index in [0.29, 0.717) is 0 Å². The summed E-state index contributed by atoms with van der Waals surface area (Å²) in [5, 5.41) is 1.20. The van der Waals surface area contributed by atoms with Gasteiger partial charge in [-0.1, -0.05) is 22.0 Å². The number of rotatable bonds is 4.